The highest BCUT2D eigenvalue weighted by Crippen LogP contribution is 2.27. The van der Waals surface area contributed by atoms with Crippen molar-refractivity contribution in [2.75, 3.05) is 0 Å². The fourth-order valence-electron chi connectivity index (χ4n) is 2.38. The number of aromatic carboxylic acids is 1. The number of hydrogen-bond donors (Lipinski definition) is 1. The number of hydrogen-bond acceptors (Lipinski definition) is 3. The number of para-hydroxylation sites is 1. The van der Waals surface area contributed by atoms with E-state index in [2.05, 4.69) is 0 Å². The smallest absolute Gasteiger partial charge is 0.371 e. The van der Waals surface area contributed by atoms with Crippen LogP contribution in [0.2, 0.25) is 0 Å². The molecule has 0 amide bonds. The van der Waals surface area contributed by atoms with Crippen molar-refractivity contribution in [1.82, 2.24) is 4.57 Å². The first kappa shape index (κ1) is 11.5. The minimum absolute atomic E-state index is 0.336. The van der Waals surface area contributed by atoms with Crippen LogP contribution in [-0.2, 0) is 6.54 Å². The van der Waals surface area contributed by atoms with Gasteiger partial charge in [-0.15, -0.1) is 0 Å². The topological polar surface area (TPSA) is 72.4 Å². The lowest BCUT2D eigenvalue weighted by Crippen LogP contribution is -2.09. The summed E-state index contributed by atoms with van der Waals surface area (Å²) >= 11 is 0. The van der Waals surface area contributed by atoms with Gasteiger partial charge < -0.3 is 14.1 Å². The molecule has 0 aliphatic carbocycles. The standard InChI is InChI=1S/C14H11NO4/c1-2-15-9-6-4-3-5-8(9)13-12(15)10(16)7-11(19-13)14(17)18/h3-7H,2H2,1H3,(H,17,18). The van der Waals surface area contributed by atoms with Gasteiger partial charge in [0, 0.05) is 18.0 Å². The van der Waals surface area contributed by atoms with Gasteiger partial charge in [0.2, 0.25) is 11.2 Å². The Hall–Kier alpha value is -2.56. The average Bonchev–Trinajstić information content (AvgIpc) is 2.73. The third kappa shape index (κ3) is 1.55. The molecule has 0 radical (unpaired) electrons. The second-order valence-electron chi connectivity index (χ2n) is 4.22. The van der Waals surface area contributed by atoms with E-state index in [-0.39, 0.29) is 11.2 Å². The summed E-state index contributed by atoms with van der Waals surface area (Å²) in [7, 11) is 0. The van der Waals surface area contributed by atoms with E-state index < -0.39 is 5.97 Å². The van der Waals surface area contributed by atoms with Gasteiger partial charge in [-0.25, -0.2) is 4.79 Å². The molecule has 0 fully saturated rings. The molecule has 0 unspecified atom stereocenters. The Balaban J connectivity index is 2.59. The zero-order valence-electron chi connectivity index (χ0n) is 10.2. The Kier molecular flexibility index (Phi) is 2.41. The lowest BCUT2D eigenvalue weighted by atomic mass is 10.2. The molecule has 2 aromatic heterocycles. The molecule has 5 heteroatoms. The number of aryl methyl sites for hydroxylation is 1. The number of rotatable bonds is 2. The summed E-state index contributed by atoms with van der Waals surface area (Å²) in [5, 5.41) is 9.71. The number of benzene rings is 1. The molecular formula is C14H11NO4. The van der Waals surface area contributed by atoms with Crippen molar-refractivity contribution in [1.29, 1.82) is 0 Å². The molecule has 1 aromatic carbocycles. The van der Waals surface area contributed by atoms with Gasteiger partial charge in [-0.3, -0.25) is 4.79 Å². The first-order chi connectivity index (χ1) is 9.13. The van der Waals surface area contributed by atoms with Gasteiger partial charge in [-0.2, -0.15) is 0 Å². The van der Waals surface area contributed by atoms with Crippen LogP contribution < -0.4 is 5.43 Å². The molecule has 3 aromatic rings. The number of fused-ring (bicyclic) bond motifs is 3. The van der Waals surface area contributed by atoms with Crippen LogP contribution in [0.15, 0.2) is 39.5 Å². The van der Waals surface area contributed by atoms with E-state index in [0.717, 1.165) is 17.0 Å². The van der Waals surface area contributed by atoms with Crippen molar-refractivity contribution in [2.24, 2.45) is 0 Å². The second-order valence-corrected chi connectivity index (χ2v) is 4.22. The Morgan fingerprint density at radius 1 is 1.37 bits per heavy atom. The van der Waals surface area contributed by atoms with Crippen LogP contribution in [0.25, 0.3) is 22.0 Å². The third-order valence-electron chi connectivity index (χ3n) is 3.16. The Labute approximate surface area is 107 Å². The van der Waals surface area contributed by atoms with Gasteiger partial charge in [0.15, 0.2) is 5.58 Å². The zero-order chi connectivity index (χ0) is 13.6. The van der Waals surface area contributed by atoms with Gasteiger partial charge >= 0.3 is 5.97 Å². The van der Waals surface area contributed by atoms with Gasteiger partial charge in [0.05, 0.1) is 5.52 Å². The van der Waals surface area contributed by atoms with E-state index in [1.807, 2.05) is 35.8 Å². The summed E-state index contributed by atoms with van der Waals surface area (Å²) in [6.45, 7) is 2.54. The summed E-state index contributed by atoms with van der Waals surface area (Å²) < 4.78 is 7.21. The highest BCUT2D eigenvalue weighted by molar-refractivity contribution is 6.05. The quantitative estimate of drug-likeness (QED) is 0.765. The third-order valence-corrected chi connectivity index (χ3v) is 3.16. The maximum absolute atomic E-state index is 12.1. The molecule has 0 aliphatic rings. The molecule has 0 bridgehead atoms. The van der Waals surface area contributed by atoms with Crippen LogP contribution in [0.1, 0.15) is 17.5 Å². The van der Waals surface area contributed by atoms with Gasteiger partial charge in [0.25, 0.3) is 0 Å². The minimum atomic E-state index is -1.24. The van der Waals surface area contributed by atoms with E-state index in [9.17, 15) is 9.59 Å². The molecule has 1 N–H and O–H groups in total. The van der Waals surface area contributed by atoms with Gasteiger partial charge in [-0.1, -0.05) is 12.1 Å². The van der Waals surface area contributed by atoms with Crippen LogP contribution >= 0.6 is 0 Å². The van der Waals surface area contributed by atoms with Crippen LogP contribution in [0, 0.1) is 0 Å². The van der Waals surface area contributed by atoms with Crippen LogP contribution in [-0.4, -0.2) is 15.6 Å². The predicted molar refractivity (Wildman–Crippen MR) is 70.6 cm³/mol. The van der Waals surface area contributed by atoms with E-state index in [0.29, 0.717) is 17.6 Å². The molecule has 0 saturated carbocycles. The van der Waals surface area contributed by atoms with Gasteiger partial charge in [0.1, 0.15) is 5.52 Å². The molecule has 3 rings (SSSR count). The average molecular weight is 257 g/mol. The molecule has 96 valence electrons. The molecule has 5 nitrogen and oxygen atoms in total. The SMILES string of the molecule is CCn1c2ccccc2c2oc(C(=O)O)cc(=O)c21. The summed E-state index contributed by atoms with van der Waals surface area (Å²) in [6.07, 6.45) is 0. The highest BCUT2D eigenvalue weighted by Gasteiger charge is 2.17. The highest BCUT2D eigenvalue weighted by atomic mass is 16.4. The lowest BCUT2D eigenvalue weighted by Gasteiger charge is -2.01. The summed E-state index contributed by atoms with van der Waals surface area (Å²) in [6, 6.07) is 8.42. The fourth-order valence-corrected chi connectivity index (χ4v) is 2.38. The van der Waals surface area contributed by atoms with Crippen molar-refractivity contribution >= 4 is 28.0 Å². The van der Waals surface area contributed by atoms with E-state index >= 15 is 0 Å². The normalized spacial score (nSPS) is 11.2. The summed E-state index contributed by atoms with van der Waals surface area (Å²) in [5.74, 6) is -1.58. The number of aromatic nitrogens is 1. The number of carboxylic acids is 1. The van der Waals surface area contributed by atoms with Gasteiger partial charge in [-0.05, 0) is 19.1 Å². The van der Waals surface area contributed by atoms with Crippen LogP contribution in [0.5, 0.6) is 0 Å². The number of carbonyl (C=O) groups is 1. The molecule has 2 heterocycles. The molecule has 0 spiro atoms. The van der Waals surface area contributed by atoms with Crippen molar-refractivity contribution in [3.63, 3.8) is 0 Å². The Morgan fingerprint density at radius 3 is 2.79 bits per heavy atom. The van der Waals surface area contributed by atoms with Crippen molar-refractivity contribution in [3.8, 4) is 0 Å². The minimum Gasteiger partial charge on any atom is -0.475 e. The molecule has 0 atom stereocenters. The van der Waals surface area contributed by atoms with Crippen molar-refractivity contribution in [3.05, 3.63) is 46.3 Å². The first-order valence-corrected chi connectivity index (χ1v) is 5.92. The molecule has 0 aliphatic heterocycles. The summed E-state index contributed by atoms with van der Waals surface area (Å²) in [5.41, 5.74) is 1.27. The maximum atomic E-state index is 12.1. The largest absolute Gasteiger partial charge is 0.475 e. The predicted octanol–water partition coefficient (Wildman–Crippen LogP) is 2.47. The van der Waals surface area contributed by atoms with E-state index in [1.54, 1.807) is 0 Å². The lowest BCUT2D eigenvalue weighted by molar-refractivity contribution is 0.0663. The monoisotopic (exact) mass is 257 g/mol. The molecular weight excluding hydrogens is 246 g/mol. The maximum Gasteiger partial charge on any atom is 0.371 e. The Bertz CT molecular complexity index is 857. The fraction of sp³-hybridized carbons (Fsp3) is 0.143. The van der Waals surface area contributed by atoms with Crippen molar-refractivity contribution < 1.29 is 14.3 Å². The Morgan fingerprint density at radius 2 is 2.11 bits per heavy atom. The van der Waals surface area contributed by atoms with Crippen molar-refractivity contribution in [2.45, 2.75) is 13.5 Å². The molecule has 19 heavy (non-hydrogen) atoms. The van der Waals surface area contributed by atoms with E-state index in [1.165, 1.54) is 0 Å². The first-order valence-electron chi connectivity index (χ1n) is 5.92. The van der Waals surface area contributed by atoms with Crippen LogP contribution in [0.4, 0.5) is 0 Å². The number of nitrogens with zero attached hydrogens (tertiary/aromatic N) is 1. The number of carboxylic acid groups (broad SMARTS) is 1. The second kappa shape index (κ2) is 3.98. The van der Waals surface area contributed by atoms with Crippen LogP contribution in [0.3, 0.4) is 0 Å². The molecule has 0 saturated heterocycles. The zero-order valence-corrected chi connectivity index (χ0v) is 10.2. The van der Waals surface area contributed by atoms with E-state index in [4.69, 9.17) is 9.52 Å². The summed E-state index contributed by atoms with van der Waals surface area (Å²) in [4.78, 5) is 23.1.